The first-order valence-corrected chi connectivity index (χ1v) is 9.50. The van der Waals surface area contributed by atoms with Crippen LogP contribution in [-0.4, -0.2) is 28.2 Å². The lowest BCUT2D eigenvalue weighted by molar-refractivity contribution is 0.293. The number of hydrogen-bond acceptors (Lipinski definition) is 2. The van der Waals surface area contributed by atoms with Crippen LogP contribution in [-0.2, 0) is 6.54 Å². The van der Waals surface area contributed by atoms with Gasteiger partial charge in [0.25, 0.3) is 0 Å². The molecule has 138 valence electrons. The van der Waals surface area contributed by atoms with E-state index in [1.807, 2.05) is 24.3 Å². The Kier molecular flexibility index (Phi) is 4.86. The number of anilines is 1. The van der Waals surface area contributed by atoms with Crippen LogP contribution in [0, 0.1) is 6.92 Å². The largest absolute Gasteiger partial charge is 0.497 e. The Labute approximate surface area is 165 Å². The molecule has 1 atom stereocenters. The van der Waals surface area contributed by atoms with Crippen LogP contribution in [0.1, 0.15) is 22.9 Å². The van der Waals surface area contributed by atoms with Crippen LogP contribution in [0.3, 0.4) is 0 Å². The number of hydrogen-bond donors (Lipinski definition) is 1. The zero-order valence-corrected chi connectivity index (χ0v) is 16.4. The van der Waals surface area contributed by atoms with Crippen LogP contribution in [0.15, 0.2) is 66.9 Å². The molecule has 1 aliphatic rings. The first-order valence-electron chi connectivity index (χ1n) is 9.09. The molecule has 1 N–H and O–H groups in total. The van der Waals surface area contributed by atoms with Crippen LogP contribution in [0.5, 0.6) is 5.75 Å². The molecule has 0 bridgehead atoms. The Morgan fingerprint density at radius 2 is 1.89 bits per heavy atom. The molecule has 1 aromatic heterocycles. The average Bonchev–Trinajstić information content (AvgIpc) is 3.16. The van der Waals surface area contributed by atoms with E-state index in [0.29, 0.717) is 0 Å². The van der Waals surface area contributed by atoms with Crippen molar-refractivity contribution in [1.82, 2.24) is 9.47 Å². The summed E-state index contributed by atoms with van der Waals surface area (Å²) in [4.78, 5) is 2.27. The Balaban J connectivity index is 1.66. The molecule has 3 aromatic rings. The molecule has 1 aliphatic heterocycles. The topological polar surface area (TPSA) is 29.4 Å². The summed E-state index contributed by atoms with van der Waals surface area (Å²) in [7, 11) is 1.69. The number of fused-ring (bicyclic) bond motifs is 1. The van der Waals surface area contributed by atoms with E-state index in [0.717, 1.165) is 29.6 Å². The van der Waals surface area contributed by atoms with E-state index in [9.17, 15) is 0 Å². The first kappa shape index (κ1) is 17.6. The maximum absolute atomic E-state index is 5.81. The quantitative estimate of drug-likeness (QED) is 0.675. The molecule has 0 amide bonds. The molecule has 4 rings (SSSR count). The van der Waals surface area contributed by atoms with Crippen molar-refractivity contribution in [1.29, 1.82) is 0 Å². The smallest absolute Gasteiger partial charge is 0.174 e. The molecule has 4 nitrogen and oxygen atoms in total. The molecule has 0 fully saturated rings. The lowest BCUT2D eigenvalue weighted by atomic mass is 10.00. The second kappa shape index (κ2) is 7.45. The second-order valence-corrected chi connectivity index (χ2v) is 7.18. The SMILES string of the molecule is COc1ccc(C2c3cccn3CCN2C(=S)Nc2cccc(C)c2)cc1. The first-order chi connectivity index (χ1) is 13.2. The van der Waals surface area contributed by atoms with Crippen molar-refractivity contribution < 1.29 is 4.74 Å². The van der Waals surface area contributed by atoms with Gasteiger partial charge in [-0.25, -0.2) is 0 Å². The van der Waals surface area contributed by atoms with E-state index in [4.69, 9.17) is 17.0 Å². The normalized spacial score (nSPS) is 15.9. The fraction of sp³-hybridized carbons (Fsp3) is 0.227. The van der Waals surface area contributed by atoms with Crippen LogP contribution < -0.4 is 10.1 Å². The Hall–Kier alpha value is -2.79. The Morgan fingerprint density at radius 3 is 2.63 bits per heavy atom. The number of ether oxygens (including phenoxy) is 1. The minimum atomic E-state index is 0.0736. The van der Waals surface area contributed by atoms with Crippen molar-refractivity contribution in [3.05, 3.63) is 83.7 Å². The number of aromatic nitrogens is 1. The van der Waals surface area contributed by atoms with E-state index >= 15 is 0 Å². The van der Waals surface area contributed by atoms with Crippen molar-refractivity contribution in [3.8, 4) is 5.75 Å². The monoisotopic (exact) mass is 377 g/mol. The number of rotatable bonds is 3. The highest BCUT2D eigenvalue weighted by Crippen LogP contribution is 2.33. The van der Waals surface area contributed by atoms with Gasteiger partial charge in [-0.1, -0.05) is 24.3 Å². The van der Waals surface area contributed by atoms with Gasteiger partial charge in [0.05, 0.1) is 13.2 Å². The van der Waals surface area contributed by atoms with Crippen molar-refractivity contribution >= 4 is 23.0 Å². The molecular weight excluding hydrogens is 354 g/mol. The summed E-state index contributed by atoms with van der Waals surface area (Å²) in [6.45, 7) is 3.86. The number of thiocarbonyl (C=S) groups is 1. The van der Waals surface area contributed by atoms with Crippen LogP contribution in [0.25, 0.3) is 0 Å². The predicted molar refractivity (Wildman–Crippen MR) is 113 cm³/mol. The summed E-state index contributed by atoms with van der Waals surface area (Å²) >= 11 is 5.81. The van der Waals surface area contributed by atoms with Gasteiger partial charge in [0, 0.05) is 30.7 Å². The van der Waals surface area contributed by atoms with Crippen molar-refractivity contribution in [3.63, 3.8) is 0 Å². The summed E-state index contributed by atoms with van der Waals surface area (Å²) in [5, 5.41) is 4.17. The van der Waals surface area contributed by atoms with Crippen molar-refractivity contribution in [2.24, 2.45) is 0 Å². The van der Waals surface area contributed by atoms with Gasteiger partial charge in [0.15, 0.2) is 5.11 Å². The molecule has 1 unspecified atom stereocenters. The molecule has 0 aliphatic carbocycles. The average molecular weight is 378 g/mol. The second-order valence-electron chi connectivity index (χ2n) is 6.80. The molecule has 2 heterocycles. The molecule has 2 aromatic carbocycles. The molecule has 27 heavy (non-hydrogen) atoms. The highest BCUT2D eigenvalue weighted by atomic mass is 32.1. The minimum Gasteiger partial charge on any atom is -0.497 e. The highest BCUT2D eigenvalue weighted by molar-refractivity contribution is 7.80. The van der Waals surface area contributed by atoms with Crippen LogP contribution in [0.2, 0.25) is 0 Å². The van der Waals surface area contributed by atoms with E-state index < -0.39 is 0 Å². The van der Waals surface area contributed by atoms with Gasteiger partial charge in [-0.15, -0.1) is 0 Å². The number of methoxy groups -OCH3 is 1. The van der Waals surface area contributed by atoms with Gasteiger partial charge in [-0.3, -0.25) is 0 Å². The van der Waals surface area contributed by atoms with E-state index in [-0.39, 0.29) is 6.04 Å². The summed E-state index contributed by atoms with van der Waals surface area (Å²) in [5.74, 6) is 0.858. The molecule has 0 saturated carbocycles. The number of aryl methyl sites for hydroxylation is 1. The Morgan fingerprint density at radius 1 is 1.07 bits per heavy atom. The summed E-state index contributed by atoms with van der Waals surface area (Å²) in [6.07, 6.45) is 2.14. The maximum Gasteiger partial charge on any atom is 0.174 e. The lowest BCUT2D eigenvalue weighted by Gasteiger charge is -2.39. The molecule has 0 saturated heterocycles. The summed E-state index contributed by atoms with van der Waals surface area (Å²) in [6, 6.07) is 20.9. The number of nitrogens with zero attached hydrogens (tertiary/aromatic N) is 2. The zero-order chi connectivity index (χ0) is 18.8. The van der Waals surface area contributed by atoms with Crippen LogP contribution in [0.4, 0.5) is 5.69 Å². The fourth-order valence-electron chi connectivity index (χ4n) is 3.66. The van der Waals surface area contributed by atoms with Gasteiger partial charge >= 0.3 is 0 Å². The highest BCUT2D eigenvalue weighted by Gasteiger charge is 2.30. The molecule has 0 spiro atoms. The third-order valence-electron chi connectivity index (χ3n) is 5.00. The number of benzene rings is 2. The molecular formula is C22H23N3OS. The summed E-state index contributed by atoms with van der Waals surface area (Å²) < 4.78 is 7.62. The van der Waals surface area contributed by atoms with Crippen LogP contribution >= 0.6 is 12.2 Å². The third kappa shape index (κ3) is 3.55. The summed E-state index contributed by atoms with van der Waals surface area (Å²) in [5.41, 5.74) is 4.68. The number of nitrogens with one attached hydrogen (secondary N) is 1. The van der Waals surface area contributed by atoms with Gasteiger partial charge in [0.2, 0.25) is 0 Å². The van der Waals surface area contributed by atoms with E-state index in [1.165, 1.54) is 16.8 Å². The van der Waals surface area contributed by atoms with E-state index in [1.54, 1.807) is 7.11 Å². The van der Waals surface area contributed by atoms with Gasteiger partial charge in [-0.05, 0) is 66.7 Å². The molecule has 5 heteroatoms. The molecule has 0 radical (unpaired) electrons. The van der Waals surface area contributed by atoms with Gasteiger partial charge in [-0.2, -0.15) is 0 Å². The minimum absolute atomic E-state index is 0.0736. The van der Waals surface area contributed by atoms with Gasteiger partial charge in [0.1, 0.15) is 5.75 Å². The predicted octanol–water partition coefficient (Wildman–Crippen LogP) is 4.61. The van der Waals surface area contributed by atoms with Crippen molar-refractivity contribution in [2.45, 2.75) is 19.5 Å². The maximum atomic E-state index is 5.81. The zero-order valence-electron chi connectivity index (χ0n) is 15.6. The fourth-order valence-corrected chi connectivity index (χ4v) is 3.97. The van der Waals surface area contributed by atoms with Gasteiger partial charge < -0.3 is 19.5 Å². The van der Waals surface area contributed by atoms with E-state index in [2.05, 4.69) is 64.3 Å². The Bertz CT molecular complexity index is 948. The third-order valence-corrected chi connectivity index (χ3v) is 5.34. The lowest BCUT2D eigenvalue weighted by Crippen LogP contribution is -2.44. The van der Waals surface area contributed by atoms with Crippen molar-refractivity contribution in [2.75, 3.05) is 19.0 Å². The standard InChI is InChI=1S/C22H23N3OS/c1-16-5-3-6-18(15-16)23-22(27)25-14-13-24-12-4-7-20(24)21(25)17-8-10-19(26-2)11-9-17/h3-12,15,21H,13-14H2,1-2H3,(H,23,27).